The van der Waals surface area contributed by atoms with Gasteiger partial charge in [0.1, 0.15) is 0 Å². The summed E-state index contributed by atoms with van der Waals surface area (Å²) in [4.78, 5) is 3.81. The summed E-state index contributed by atoms with van der Waals surface area (Å²) in [6.07, 6.45) is 0. The second-order valence-electron chi connectivity index (χ2n) is 14.4. The molecule has 0 radical (unpaired) electrons. The first-order valence-electron chi connectivity index (χ1n) is 15.8. The molecule has 1 nitrogen and oxygen atoms in total. The van der Waals surface area contributed by atoms with E-state index >= 15 is 0 Å². The quantitative estimate of drug-likeness (QED) is 0.202. The van der Waals surface area contributed by atoms with E-state index in [2.05, 4.69) is 180 Å². The molecule has 7 aromatic rings. The van der Waals surface area contributed by atoms with E-state index in [1.165, 1.54) is 54.7 Å². The molecule has 0 fully saturated rings. The van der Waals surface area contributed by atoms with Gasteiger partial charge in [-0.1, -0.05) is 163 Å². The molecule has 6 aromatic carbocycles. The van der Waals surface area contributed by atoms with Gasteiger partial charge in [0.25, 0.3) is 0 Å². The lowest BCUT2D eigenvalue weighted by Gasteiger charge is -2.48. The lowest BCUT2D eigenvalue weighted by molar-refractivity contribution is 0.276. The van der Waals surface area contributed by atoms with Gasteiger partial charge in [0.15, 0.2) is 0 Å². The minimum absolute atomic E-state index is 0.132. The van der Waals surface area contributed by atoms with Crippen LogP contribution in [0.25, 0.3) is 43.7 Å². The highest BCUT2D eigenvalue weighted by Gasteiger charge is 2.48. The van der Waals surface area contributed by atoms with Crippen LogP contribution in [0.3, 0.4) is 0 Å². The van der Waals surface area contributed by atoms with Gasteiger partial charge in [0.2, 0.25) is 0 Å². The standard InChI is InChI=1S/C43H41N/c1-41(2,3)33-24-21-31(22-25-33)39-27-32-23-26-34(28-40(32)44-39)43(42(4,5)6,37-19-11-15-29-13-7-9-17-35(29)37)38-20-12-16-30-14-8-10-18-36(30)38/h7-28,44H,1-6H3. The van der Waals surface area contributed by atoms with Crippen LogP contribution in [0.4, 0.5) is 0 Å². The Labute approximate surface area is 261 Å². The van der Waals surface area contributed by atoms with Crippen molar-refractivity contribution in [1.82, 2.24) is 4.98 Å². The predicted molar refractivity (Wildman–Crippen MR) is 190 cm³/mol. The number of benzene rings is 6. The van der Waals surface area contributed by atoms with Crippen LogP contribution in [-0.4, -0.2) is 4.98 Å². The molecule has 0 aliphatic heterocycles. The summed E-state index contributed by atoms with van der Waals surface area (Å²) in [7, 11) is 0. The number of H-pyrrole nitrogens is 1. The lowest BCUT2D eigenvalue weighted by atomic mass is 9.54. The van der Waals surface area contributed by atoms with Crippen LogP contribution in [-0.2, 0) is 10.8 Å². The summed E-state index contributed by atoms with van der Waals surface area (Å²) in [5, 5.41) is 6.34. The molecule has 1 heterocycles. The Morgan fingerprint density at radius 3 is 1.52 bits per heavy atom. The zero-order valence-corrected chi connectivity index (χ0v) is 26.7. The number of nitrogens with one attached hydrogen (secondary N) is 1. The van der Waals surface area contributed by atoms with Crippen molar-refractivity contribution in [3.63, 3.8) is 0 Å². The van der Waals surface area contributed by atoms with Gasteiger partial charge < -0.3 is 4.98 Å². The van der Waals surface area contributed by atoms with Crippen molar-refractivity contribution in [2.24, 2.45) is 5.41 Å². The van der Waals surface area contributed by atoms with Crippen molar-refractivity contribution in [2.75, 3.05) is 0 Å². The number of hydrogen-bond donors (Lipinski definition) is 1. The molecule has 0 aliphatic rings. The molecule has 0 atom stereocenters. The summed E-state index contributed by atoms with van der Waals surface area (Å²) in [5.74, 6) is 0. The molecule has 0 saturated carbocycles. The van der Waals surface area contributed by atoms with Gasteiger partial charge in [-0.2, -0.15) is 0 Å². The lowest BCUT2D eigenvalue weighted by Crippen LogP contribution is -2.42. The largest absolute Gasteiger partial charge is 0.355 e. The summed E-state index contributed by atoms with van der Waals surface area (Å²) in [5.41, 5.74) is 8.35. The van der Waals surface area contributed by atoms with Crippen molar-refractivity contribution in [2.45, 2.75) is 52.4 Å². The second kappa shape index (κ2) is 10.2. The van der Waals surface area contributed by atoms with E-state index in [9.17, 15) is 0 Å². The highest BCUT2D eigenvalue weighted by Crippen LogP contribution is 2.55. The van der Waals surface area contributed by atoms with Crippen LogP contribution in [0.15, 0.2) is 133 Å². The Bertz CT molecular complexity index is 2040. The minimum atomic E-state index is -0.442. The SMILES string of the molecule is CC(C)(C)c1ccc(-c2cc3ccc(C(c4cccc5ccccc45)(c4cccc5ccccc45)C(C)(C)C)cc3[nH]2)cc1. The second-order valence-corrected chi connectivity index (χ2v) is 14.4. The molecule has 7 rings (SSSR count). The van der Waals surface area contributed by atoms with Crippen LogP contribution in [0.2, 0.25) is 0 Å². The summed E-state index contributed by atoms with van der Waals surface area (Å²) in [6.45, 7) is 14.0. The Hall–Kier alpha value is -4.62. The van der Waals surface area contributed by atoms with Crippen molar-refractivity contribution in [3.05, 3.63) is 156 Å². The predicted octanol–water partition coefficient (Wildman–Crippen LogP) is 11.8. The Morgan fingerprint density at radius 2 is 0.977 bits per heavy atom. The van der Waals surface area contributed by atoms with Gasteiger partial charge >= 0.3 is 0 Å². The van der Waals surface area contributed by atoms with E-state index in [4.69, 9.17) is 0 Å². The molecule has 0 aliphatic carbocycles. The number of hydrogen-bond acceptors (Lipinski definition) is 0. The minimum Gasteiger partial charge on any atom is -0.355 e. The fourth-order valence-corrected chi connectivity index (χ4v) is 7.47. The third-order valence-electron chi connectivity index (χ3n) is 9.63. The smallest absolute Gasteiger partial charge is 0.0512 e. The Kier molecular flexibility index (Phi) is 6.55. The average molecular weight is 572 g/mol. The molecular weight excluding hydrogens is 530 g/mol. The first-order valence-corrected chi connectivity index (χ1v) is 15.8. The van der Waals surface area contributed by atoms with E-state index in [1.54, 1.807) is 0 Å². The topological polar surface area (TPSA) is 15.8 Å². The van der Waals surface area contributed by atoms with Gasteiger partial charge in [-0.15, -0.1) is 0 Å². The third-order valence-corrected chi connectivity index (χ3v) is 9.63. The van der Waals surface area contributed by atoms with Gasteiger partial charge in [0, 0.05) is 16.6 Å². The molecule has 0 unspecified atom stereocenters. The van der Waals surface area contributed by atoms with Crippen LogP contribution < -0.4 is 0 Å². The number of rotatable bonds is 4. The molecule has 0 saturated heterocycles. The molecule has 1 heteroatoms. The zero-order valence-electron chi connectivity index (χ0n) is 26.7. The maximum atomic E-state index is 3.81. The van der Waals surface area contributed by atoms with E-state index in [1.807, 2.05) is 0 Å². The Morgan fingerprint density at radius 1 is 0.455 bits per heavy atom. The normalized spacial score (nSPS) is 12.8. The van der Waals surface area contributed by atoms with Gasteiger partial charge in [-0.05, 0) is 72.3 Å². The van der Waals surface area contributed by atoms with Gasteiger partial charge in [-0.3, -0.25) is 0 Å². The van der Waals surface area contributed by atoms with E-state index in [-0.39, 0.29) is 10.8 Å². The highest BCUT2D eigenvalue weighted by molar-refractivity contribution is 5.94. The van der Waals surface area contributed by atoms with Crippen molar-refractivity contribution in [1.29, 1.82) is 0 Å². The van der Waals surface area contributed by atoms with E-state index in [0.29, 0.717) is 0 Å². The van der Waals surface area contributed by atoms with Crippen LogP contribution in [0.5, 0.6) is 0 Å². The van der Waals surface area contributed by atoms with E-state index < -0.39 is 5.41 Å². The molecule has 0 amide bonds. The Balaban J connectivity index is 1.52. The summed E-state index contributed by atoms with van der Waals surface area (Å²) >= 11 is 0. The maximum absolute atomic E-state index is 3.81. The van der Waals surface area contributed by atoms with Gasteiger partial charge in [0.05, 0.1) is 5.41 Å². The molecular formula is C43H41N. The van der Waals surface area contributed by atoms with Gasteiger partial charge in [-0.25, -0.2) is 0 Å². The van der Waals surface area contributed by atoms with E-state index in [0.717, 1.165) is 11.2 Å². The fourth-order valence-electron chi connectivity index (χ4n) is 7.47. The van der Waals surface area contributed by atoms with Crippen LogP contribution >= 0.6 is 0 Å². The maximum Gasteiger partial charge on any atom is 0.0512 e. The molecule has 218 valence electrons. The molecule has 0 bridgehead atoms. The molecule has 1 aromatic heterocycles. The first kappa shape index (κ1) is 28.2. The van der Waals surface area contributed by atoms with Crippen LogP contribution in [0, 0.1) is 5.41 Å². The summed E-state index contributed by atoms with van der Waals surface area (Å²) < 4.78 is 0. The van der Waals surface area contributed by atoms with Crippen molar-refractivity contribution < 1.29 is 0 Å². The van der Waals surface area contributed by atoms with Crippen LogP contribution in [0.1, 0.15) is 63.8 Å². The number of aromatic nitrogens is 1. The number of aromatic amines is 1. The monoisotopic (exact) mass is 571 g/mol. The third kappa shape index (κ3) is 4.46. The molecule has 44 heavy (non-hydrogen) atoms. The molecule has 1 N–H and O–H groups in total. The highest BCUT2D eigenvalue weighted by atomic mass is 14.7. The molecule has 0 spiro atoms. The average Bonchev–Trinajstić information content (AvgIpc) is 3.44. The van der Waals surface area contributed by atoms with Crippen molar-refractivity contribution in [3.8, 4) is 11.3 Å². The number of fused-ring (bicyclic) bond motifs is 3. The fraction of sp³-hybridized carbons (Fsp3) is 0.209. The first-order chi connectivity index (χ1) is 21.1. The van der Waals surface area contributed by atoms with Crippen molar-refractivity contribution >= 4 is 32.4 Å². The zero-order chi connectivity index (χ0) is 30.7. The summed E-state index contributed by atoms with van der Waals surface area (Å²) in [6, 6.07) is 49.8.